The minimum absolute atomic E-state index is 0.0132. The van der Waals surface area contributed by atoms with Gasteiger partial charge in [0.15, 0.2) is 5.78 Å². The maximum Gasteiger partial charge on any atom is 0.196 e. The number of ketones is 1. The molecule has 1 nitrogen and oxygen atoms in total. The Hall–Kier alpha value is -2.03. The van der Waals surface area contributed by atoms with E-state index >= 15 is 0 Å². The lowest BCUT2D eigenvalue weighted by Gasteiger charge is -2.10. The van der Waals surface area contributed by atoms with Gasteiger partial charge in [-0.15, -0.1) is 0 Å². The van der Waals surface area contributed by atoms with E-state index in [1.165, 1.54) is 18.2 Å². The molecule has 0 bridgehead atoms. The summed E-state index contributed by atoms with van der Waals surface area (Å²) in [4.78, 5) is 12.4. The molecule has 0 heterocycles. The molecule has 2 aromatic carbocycles. The van der Waals surface area contributed by atoms with Crippen LogP contribution in [0.4, 0.5) is 8.78 Å². The summed E-state index contributed by atoms with van der Waals surface area (Å²) in [5, 5.41) is 0. The Bertz CT molecular complexity index is 637. The van der Waals surface area contributed by atoms with Crippen LogP contribution in [0, 0.1) is 32.4 Å². The molecule has 3 heteroatoms. The number of hydrogen-bond acceptors (Lipinski definition) is 1. The van der Waals surface area contributed by atoms with E-state index in [0.29, 0.717) is 11.1 Å². The molecule has 0 saturated heterocycles. The molecule has 0 atom stereocenters. The molecule has 0 aromatic heterocycles. The minimum Gasteiger partial charge on any atom is -0.288 e. The molecule has 0 aliphatic heterocycles. The Kier molecular flexibility index (Phi) is 3.47. The molecule has 19 heavy (non-hydrogen) atoms. The largest absolute Gasteiger partial charge is 0.288 e. The van der Waals surface area contributed by atoms with Gasteiger partial charge in [0.2, 0.25) is 0 Å². The SMILES string of the molecule is Cc1cc(C)c(C(=O)c2cc(F)ccc2C)c(F)c1. The van der Waals surface area contributed by atoms with Gasteiger partial charge in [0.25, 0.3) is 0 Å². The lowest BCUT2D eigenvalue weighted by Crippen LogP contribution is -2.09. The van der Waals surface area contributed by atoms with Crippen LogP contribution in [0.1, 0.15) is 32.6 Å². The maximum atomic E-state index is 14.0. The minimum atomic E-state index is -0.564. The smallest absolute Gasteiger partial charge is 0.196 e. The second-order valence-corrected chi connectivity index (χ2v) is 4.73. The van der Waals surface area contributed by atoms with Gasteiger partial charge in [0.1, 0.15) is 11.6 Å². The summed E-state index contributed by atoms with van der Waals surface area (Å²) < 4.78 is 27.2. The summed E-state index contributed by atoms with van der Waals surface area (Å²) in [5.74, 6) is -1.54. The molecule has 0 saturated carbocycles. The molecule has 0 amide bonds. The Balaban J connectivity index is 2.59. The van der Waals surface area contributed by atoms with Gasteiger partial charge in [-0.25, -0.2) is 8.78 Å². The van der Waals surface area contributed by atoms with Crippen molar-refractivity contribution < 1.29 is 13.6 Å². The standard InChI is InChI=1S/C16H14F2O/c1-9-6-11(3)15(14(18)7-9)16(19)13-8-12(17)5-4-10(13)2/h4-8H,1-3H3. The van der Waals surface area contributed by atoms with Gasteiger partial charge in [-0.3, -0.25) is 4.79 Å². The van der Waals surface area contributed by atoms with Crippen LogP contribution < -0.4 is 0 Å². The summed E-state index contributed by atoms with van der Waals surface area (Å²) in [5.41, 5.74) is 2.16. The third-order valence-electron chi connectivity index (χ3n) is 3.10. The molecule has 0 radical (unpaired) electrons. The van der Waals surface area contributed by atoms with Gasteiger partial charge >= 0.3 is 0 Å². The van der Waals surface area contributed by atoms with Crippen molar-refractivity contribution in [2.75, 3.05) is 0 Å². The van der Waals surface area contributed by atoms with Crippen molar-refractivity contribution in [1.29, 1.82) is 0 Å². The number of halogens is 2. The fourth-order valence-electron chi connectivity index (χ4n) is 2.18. The van der Waals surface area contributed by atoms with E-state index in [1.807, 2.05) is 0 Å². The summed E-state index contributed by atoms with van der Waals surface area (Å²) in [6, 6.07) is 7.00. The van der Waals surface area contributed by atoms with Crippen molar-refractivity contribution in [3.8, 4) is 0 Å². The van der Waals surface area contributed by atoms with E-state index < -0.39 is 17.4 Å². The van der Waals surface area contributed by atoms with E-state index in [0.717, 1.165) is 11.6 Å². The van der Waals surface area contributed by atoms with E-state index in [9.17, 15) is 13.6 Å². The maximum absolute atomic E-state index is 14.0. The molecule has 2 aromatic rings. The first-order valence-corrected chi connectivity index (χ1v) is 5.97. The molecule has 2 rings (SSSR count). The van der Waals surface area contributed by atoms with Crippen LogP contribution in [-0.4, -0.2) is 5.78 Å². The number of rotatable bonds is 2. The van der Waals surface area contributed by atoms with Crippen LogP contribution >= 0.6 is 0 Å². The van der Waals surface area contributed by atoms with Crippen LogP contribution in [-0.2, 0) is 0 Å². The highest BCUT2D eigenvalue weighted by Gasteiger charge is 2.19. The van der Waals surface area contributed by atoms with Crippen LogP contribution in [0.5, 0.6) is 0 Å². The second kappa shape index (κ2) is 4.92. The number of hydrogen-bond donors (Lipinski definition) is 0. The molecule has 98 valence electrons. The monoisotopic (exact) mass is 260 g/mol. The zero-order chi connectivity index (χ0) is 14.2. The lowest BCUT2D eigenvalue weighted by atomic mass is 9.94. The van der Waals surface area contributed by atoms with Crippen LogP contribution in [0.15, 0.2) is 30.3 Å². The van der Waals surface area contributed by atoms with E-state index in [1.54, 1.807) is 26.8 Å². The fourth-order valence-corrected chi connectivity index (χ4v) is 2.18. The molecule has 0 aliphatic carbocycles. The van der Waals surface area contributed by atoms with Gasteiger partial charge in [0, 0.05) is 5.56 Å². The molecule has 0 unspecified atom stereocenters. The van der Waals surface area contributed by atoms with Crippen LogP contribution in [0.3, 0.4) is 0 Å². The Morgan fingerprint density at radius 3 is 2.26 bits per heavy atom. The normalized spacial score (nSPS) is 10.6. The van der Waals surface area contributed by atoms with Crippen LogP contribution in [0.25, 0.3) is 0 Å². The van der Waals surface area contributed by atoms with Gasteiger partial charge in [-0.2, -0.15) is 0 Å². The highest BCUT2D eigenvalue weighted by Crippen LogP contribution is 2.22. The highest BCUT2D eigenvalue weighted by atomic mass is 19.1. The van der Waals surface area contributed by atoms with Crippen molar-refractivity contribution in [3.63, 3.8) is 0 Å². The van der Waals surface area contributed by atoms with Crippen molar-refractivity contribution in [1.82, 2.24) is 0 Å². The number of benzene rings is 2. The highest BCUT2D eigenvalue weighted by molar-refractivity contribution is 6.11. The van der Waals surface area contributed by atoms with Crippen molar-refractivity contribution in [3.05, 3.63) is 69.8 Å². The lowest BCUT2D eigenvalue weighted by molar-refractivity contribution is 0.103. The molecule has 0 aliphatic rings. The summed E-state index contributed by atoms with van der Waals surface area (Å²) in [7, 11) is 0. The summed E-state index contributed by atoms with van der Waals surface area (Å²) >= 11 is 0. The second-order valence-electron chi connectivity index (χ2n) is 4.73. The number of carbonyl (C=O) groups is 1. The van der Waals surface area contributed by atoms with Crippen molar-refractivity contribution in [2.24, 2.45) is 0 Å². The van der Waals surface area contributed by atoms with Gasteiger partial charge in [0.05, 0.1) is 5.56 Å². The third kappa shape index (κ3) is 2.55. The first kappa shape index (κ1) is 13.4. The molecular formula is C16H14F2O. The zero-order valence-electron chi connectivity index (χ0n) is 11.1. The Morgan fingerprint density at radius 1 is 0.947 bits per heavy atom. The third-order valence-corrected chi connectivity index (χ3v) is 3.10. The van der Waals surface area contributed by atoms with E-state index in [4.69, 9.17) is 0 Å². The van der Waals surface area contributed by atoms with Gasteiger partial charge in [-0.05, 0) is 55.7 Å². The van der Waals surface area contributed by atoms with Crippen molar-refractivity contribution >= 4 is 5.78 Å². The number of carbonyl (C=O) groups excluding carboxylic acids is 1. The molecule has 0 fully saturated rings. The summed E-state index contributed by atoms with van der Waals surface area (Å²) in [6.07, 6.45) is 0. The molecule has 0 N–H and O–H groups in total. The summed E-state index contributed by atoms with van der Waals surface area (Å²) in [6.45, 7) is 5.14. The Morgan fingerprint density at radius 2 is 1.63 bits per heavy atom. The molecular weight excluding hydrogens is 246 g/mol. The average molecular weight is 260 g/mol. The fraction of sp³-hybridized carbons (Fsp3) is 0.188. The predicted octanol–water partition coefficient (Wildman–Crippen LogP) is 4.12. The van der Waals surface area contributed by atoms with E-state index in [2.05, 4.69) is 0 Å². The first-order chi connectivity index (χ1) is 8.90. The average Bonchev–Trinajstić information content (AvgIpc) is 2.30. The predicted molar refractivity (Wildman–Crippen MR) is 70.4 cm³/mol. The first-order valence-electron chi connectivity index (χ1n) is 5.97. The molecule has 0 spiro atoms. The zero-order valence-corrected chi connectivity index (χ0v) is 11.1. The van der Waals surface area contributed by atoms with Gasteiger partial charge < -0.3 is 0 Å². The van der Waals surface area contributed by atoms with E-state index in [-0.39, 0.29) is 11.1 Å². The van der Waals surface area contributed by atoms with Crippen molar-refractivity contribution in [2.45, 2.75) is 20.8 Å². The quantitative estimate of drug-likeness (QED) is 0.742. The Labute approximate surface area is 110 Å². The van der Waals surface area contributed by atoms with Crippen LogP contribution in [0.2, 0.25) is 0 Å². The van der Waals surface area contributed by atoms with Gasteiger partial charge in [-0.1, -0.05) is 12.1 Å². The number of aryl methyl sites for hydroxylation is 3. The topological polar surface area (TPSA) is 17.1 Å².